The number of aliphatic hydroxyl groups excluding tert-OH is 3. The largest absolute Gasteiger partial charge is 0.508 e. The zero-order valence-electron chi connectivity index (χ0n) is 15.8. The molecule has 0 radical (unpaired) electrons. The zero-order valence-corrected chi connectivity index (χ0v) is 15.8. The van der Waals surface area contributed by atoms with Gasteiger partial charge in [-0.2, -0.15) is 0 Å². The Bertz CT molecular complexity index is 1120. The predicted molar refractivity (Wildman–Crippen MR) is 104 cm³/mol. The van der Waals surface area contributed by atoms with E-state index in [1.807, 2.05) is 0 Å². The van der Waals surface area contributed by atoms with E-state index in [4.69, 9.17) is 13.9 Å². The van der Waals surface area contributed by atoms with Gasteiger partial charge in [0.1, 0.15) is 52.3 Å². The summed E-state index contributed by atoms with van der Waals surface area (Å²) in [6.45, 7) is 1.50. The van der Waals surface area contributed by atoms with E-state index >= 15 is 0 Å². The highest BCUT2D eigenvalue weighted by molar-refractivity contribution is 5.86. The monoisotopic (exact) mass is 416 g/mol. The molecule has 30 heavy (non-hydrogen) atoms. The van der Waals surface area contributed by atoms with E-state index in [0.717, 1.165) is 6.07 Å². The number of aromatic hydroxyl groups is 2. The number of ether oxygens (including phenoxy) is 2. The average Bonchev–Trinajstić information content (AvgIpc) is 2.70. The first-order valence-electron chi connectivity index (χ1n) is 9.21. The Kier molecular flexibility index (Phi) is 5.12. The van der Waals surface area contributed by atoms with Gasteiger partial charge in [0.2, 0.25) is 6.29 Å². The van der Waals surface area contributed by atoms with E-state index in [2.05, 4.69) is 0 Å². The van der Waals surface area contributed by atoms with Crippen LogP contribution < -0.4 is 10.2 Å². The van der Waals surface area contributed by atoms with Gasteiger partial charge in [-0.15, -0.1) is 0 Å². The molecule has 0 bridgehead atoms. The molecular formula is C21H20O9. The molecular weight excluding hydrogens is 396 g/mol. The van der Waals surface area contributed by atoms with Gasteiger partial charge in [0.25, 0.3) is 0 Å². The normalized spacial score (nSPS) is 26.6. The van der Waals surface area contributed by atoms with E-state index in [0.29, 0.717) is 5.56 Å². The number of benzene rings is 2. The fourth-order valence-corrected chi connectivity index (χ4v) is 3.34. The van der Waals surface area contributed by atoms with Gasteiger partial charge < -0.3 is 39.4 Å². The summed E-state index contributed by atoms with van der Waals surface area (Å²) in [5.74, 6) is -0.105. The first kappa shape index (κ1) is 20.2. The quantitative estimate of drug-likeness (QED) is 0.423. The Morgan fingerprint density at radius 1 is 0.900 bits per heavy atom. The molecule has 158 valence electrons. The third-order valence-electron chi connectivity index (χ3n) is 4.98. The summed E-state index contributed by atoms with van der Waals surface area (Å²) in [5, 5.41) is 49.4. The average molecular weight is 416 g/mol. The van der Waals surface area contributed by atoms with Crippen LogP contribution in [-0.4, -0.2) is 56.2 Å². The molecule has 2 heterocycles. The third kappa shape index (κ3) is 3.59. The number of hydrogen-bond donors (Lipinski definition) is 5. The van der Waals surface area contributed by atoms with Crippen molar-refractivity contribution >= 4 is 11.0 Å². The van der Waals surface area contributed by atoms with E-state index < -0.39 is 36.1 Å². The Morgan fingerprint density at radius 3 is 2.30 bits per heavy atom. The van der Waals surface area contributed by atoms with Crippen molar-refractivity contribution in [1.29, 1.82) is 0 Å². The lowest BCUT2D eigenvalue weighted by Gasteiger charge is -2.38. The van der Waals surface area contributed by atoms with Gasteiger partial charge in [-0.25, -0.2) is 0 Å². The van der Waals surface area contributed by atoms with Crippen molar-refractivity contribution in [3.05, 3.63) is 52.7 Å². The standard InChI is InChI=1S/C21H20O9/c1-9-18(25)19(26)20(27)21(28-9)30-16-7-12(23)6-15-17(16)13(24)8-14(29-15)10-2-4-11(22)5-3-10/h2-9,18-23,25-27H,1H3/t9-,18-,19+,20+,21-/m0/s1. The second-order valence-electron chi connectivity index (χ2n) is 7.14. The van der Waals surface area contributed by atoms with E-state index in [1.54, 1.807) is 12.1 Å². The second kappa shape index (κ2) is 7.62. The maximum absolute atomic E-state index is 12.8. The second-order valence-corrected chi connectivity index (χ2v) is 7.14. The van der Waals surface area contributed by atoms with Gasteiger partial charge in [-0.3, -0.25) is 4.79 Å². The number of fused-ring (bicyclic) bond motifs is 1. The van der Waals surface area contributed by atoms with Crippen LogP contribution >= 0.6 is 0 Å². The summed E-state index contributed by atoms with van der Waals surface area (Å²) >= 11 is 0. The fourth-order valence-electron chi connectivity index (χ4n) is 3.34. The number of phenols is 2. The van der Waals surface area contributed by atoms with Crippen LogP contribution in [0.4, 0.5) is 0 Å². The Morgan fingerprint density at radius 2 is 1.60 bits per heavy atom. The van der Waals surface area contributed by atoms with Crippen molar-refractivity contribution in [3.8, 4) is 28.6 Å². The molecule has 1 fully saturated rings. The van der Waals surface area contributed by atoms with Crippen LogP contribution in [0.3, 0.4) is 0 Å². The molecule has 1 aliphatic rings. The molecule has 0 spiro atoms. The van der Waals surface area contributed by atoms with Gasteiger partial charge >= 0.3 is 0 Å². The Labute approximate surface area is 170 Å². The van der Waals surface area contributed by atoms with E-state index in [1.165, 1.54) is 31.2 Å². The molecule has 3 aromatic rings. The summed E-state index contributed by atoms with van der Waals surface area (Å²) in [4.78, 5) is 12.8. The summed E-state index contributed by atoms with van der Waals surface area (Å²) in [5.41, 5.74) is 0.0855. The van der Waals surface area contributed by atoms with Crippen molar-refractivity contribution in [1.82, 2.24) is 0 Å². The maximum Gasteiger partial charge on any atom is 0.229 e. The molecule has 0 saturated carbocycles. The molecule has 5 N–H and O–H groups in total. The van der Waals surface area contributed by atoms with Crippen LogP contribution in [-0.2, 0) is 4.74 Å². The lowest BCUT2D eigenvalue weighted by Crippen LogP contribution is -2.58. The molecule has 1 saturated heterocycles. The van der Waals surface area contributed by atoms with Crippen LogP contribution in [0.1, 0.15) is 6.92 Å². The highest BCUT2D eigenvalue weighted by Gasteiger charge is 2.43. The zero-order chi connectivity index (χ0) is 21.6. The minimum atomic E-state index is -1.59. The Balaban J connectivity index is 1.76. The molecule has 5 atom stereocenters. The minimum absolute atomic E-state index is 0.000562. The summed E-state index contributed by atoms with van der Waals surface area (Å²) < 4.78 is 16.7. The van der Waals surface area contributed by atoms with Gasteiger partial charge in [-0.05, 0) is 31.2 Å². The van der Waals surface area contributed by atoms with Gasteiger partial charge in [0.05, 0.1) is 6.10 Å². The summed E-state index contributed by atoms with van der Waals surface area (Å²) in [6, 6.07) is 9.67. The van der Waals surface area contributed by atoms with Crippen LogP contribution in [0.25, 0.3) is 22.3 Å². The predicted octanol–water partition coefficient (Wildman–Crippen LogP) is 1.08. The van der Waals surface area contributed by atoms with E-state index in [9.17, 15) is 30.3 Å². The summed E-state index contributed by atoms with van der Waals surface area (Å²) in [7, 11) is 0. The number of hydrogen-bond acceptors (Lipinski definition) is 9. The fraction of sp³-hybridized carbons (Fsp3) is 0.286. The molecule has 1 aromatic heterocycles. The molecule has 2 aromatic carbocycles. The lowest BCUT2D eigenvalue weighted by atomic mass is 10.00. The van der Waals surface area contributed by atoms with Crippen LogP contribution in [0.2, 0.25) is 0 Å². The van der Waals surface area contributed by atoms with Crippen LogP contribution in [0.5, 0.6) is 17.2 Å². The van der Waals surface area contributed by atoms with Crippen LogP contribution in [0, 0.1) is 0 Å². The number of aliphatic hydroxyl groups is 3. The van der Waals surface area contributed by atoms with E-state index in [-0.39, 0.29) is 34.0 Å². The molecule has 0 unspecified atom stereocenters. The van der Waals surface area contributed by atoms with Crippen molar-refractivity contribution in [3.63, 3.8) is 0 Å². The SMILES string of the molecule is C[C@@H]1O[C@@H](Oc2cc(O)cc3oc(-c4ccc(O)cc4)cc(=O)c23)[C@H](O)[C@H](O)[C@H]1O. The third-order valence-corrected chi connectivity index (χ3v) is 4.98. The first-order valence-corrected chi connectivity index (χ1v) is 9.21. The number of phenolic OH excluding ortho intramolecular Hbond substituents is 2. The van der Waals surface area contributed by atoms with Gasteiger partial charge in [0, 0.05) is 23.8 Å². The first-order chi connectivity index (χ1) is 14.2. The molecule has 0 amide bonds. The van der Waals surface area contributed by atoms with Crippen molar-refractivity contribution in [2.24, 2.45) is 0 Å². The highest BCUT2D eigenvalue weighted by Crippen LogP contribution is 2.34. The maximum atomic E-state index is 12.8. The smallest absolute Gasteiger partial charge is 0.229 e. The topological polar surface area (TPSA) is 150 Å². The van der Waals surface area contributed by atoms with Crippen molar-refractivity contribution in [2.75, 3.05) is 0 Å². The van der Waals surface area contributed by atoms with Crippen molar-refractivity contribution < 1.29 is 39.4 Å². The molecule has 0 aliphatic carbocycles. The van der Waals surface area contributed by atoms with Gasteiger partial charge in [0.15, 0.2) is 5.43 Å². The molecule has 9 nitrogen and oxygen atoms in total. The number of rotatable bonds is 3. The lowest BCUT2D eigenvalue weighted by molar-refractivity contribution is -0.267. The summed E-state index contributed by atoms with van der Waals surface area (Å²) in [6.07, 6.45) is -6.63. The highest BCUT2D eigenvalue weighted by atomic mass is 16.7. The van der Waals surface area contributed by atoms with Crippen molar-refractivity contribution in [2.45, 2.75) is 37.6 Å². The van der Waals surface area contributed by atoms with Gasteiger partial charge in [-0.1, -0.05) is 0 Å². The van der Waals surface area contributed by atoms with Crippen LogP contribution in [0.15, 0.2) is 51.7 Å². The Hall–Kier alpha value is -3.11. The molecule has 4 rings (SSSR count). The molecule has 9 heteroatoms. The molecule has 1 aliphatic heterocycles. The minimum Gasteiger partial charge on any atom is -0.508 e.